The average molecular weight is 243 g/mol. The first kappa shape index (κ1) is 11.0. The van der Waals surface area contributed by atoms with Crippen LogP contribution >= 0.6 is 0 Å². The maximum atomic E-state index is 5.75. The summed E-state index contributed by atoms with van der Waals surface area (Å²) in [6.07, 6.45) is 5.74. The van der Waals surface area contributed by atoms with Gasteiger partial charge in [0, 0.05) is 6.04 Å². The lowest BCUT2D eigenvalue weighted by molar-refractivity contribution is 0.0761. The molecular formula is C16H21NO. The first-order valence-electron chi connectivity index (χ1n) is 7.33. The van der Waals surface area contributed by atoms with Gasteiger partial charge in [-0.1, -0.05) is 24.3 Å². The van der Waals surface area contributed by atoms with Gasteiger partial charge in [0.15, 0.2) is 0 Å². The van der Waals surface area contributed by atoms with Gasteiger partial charge >= 0.3 is 0 Å². The Morgan fingerprint density at radius 1 is 1.06 bits per heavy atom. The third-order valence-corrected chi connectivity index (χ3v) is 4.63. The molecule has 2 saturated carbocycles. The van der Waals surface area contributed by atoms with Gasteiger partial charge in [-0.3, -0.25) is 0 Å². The van der Waals surface area contributed by atoms with E-state index in [2.05, 4.69) is 29.6 Å². The molecule has 1 heterocycles. The summed E-state index contributed by atoms with van der Waals surface area (Å²) in [7, 11) is 0. The lowest BCUT2D eigenvalue weighted by Crippen LogP contribution is -2.40. The zero-order valence-corrected chi connectivity index (χ0v) is 10.8. The van der Waals surface area contributed by atoms with Crippen molar-refractivity contribution in [3.05, 3.63) is 35.4 Å². The van der Waals surface area contributed by atoms with E-state index in [1.54, 1.807) is 0 Å². The normalized spacial score (nSPS) is 27.3. The summed E-state index contributed by atoms with van der Waals surface area (Å²) in [6, 6.07) is 9.91. The fourth-order valence-corrected chi connectivity index (χ4v) is 3.32. The molecule has 2 fully saturated rings. The zero-order valence-electron chi connectivity index (χ0n) is 10.8. The first-order chi connectivity index (χ1) is 8.92. The molecule has 4 rings (SSSR count). The van der Waals surface area contributed by atoms with Crippen molar-refractivity contribution < 1.29 is 4.74 Å². The molecule has 1 N–H and O–H groups in total. The molecule has 96 valence electrons. The molecule has 1 aliphatic heterocycles. The van der Waals surface area contributed by atoms with Gasteiger partial charge in [0.05, 0.1) is 19.3 Å². The number of nitrogens with one attached hydrogen (secondary N) is 1. The molecule has 2 nitrogen and oxygen atoms in total. The Morgan fingerprint density at radius 2 is 1.78 bits per heavy atom. The Hall–Kier alpha value is -0.860. The van der Waals surface area contributed by atoms with E-state index in [1.165, 1.54) is 36.8 Å². The van der Waals surface area contributed by atoms with Crippen LogP contribution in [0.15, 0.2) is 24.3 Å². The molecule has 3 aliphatic rings. The fraction of sp³-hybridized carbons (Fsp3) is 0.625. The Labute approximate surface area is 109 Å². The van der Waals surface area contributed by atoms with Crippen molar-refractivity contribution >= 4 is 0 Å². The third-order valence-electron chi connectivity index (χ3n) is 4.63. The van der Waals surface area contributed by atoms with E-state index >= 15 is 0 Å². The van der Waals surface area contributed by atoms with Crippen molar-refractivity contribution in [2.45, 2.75) is 44.4 Å². The topological polar surface area (TPSA) is 21.3 Å². The summed E-state index contributed by atoms with van der Waals surface area (Å²) >= 11 is 0. The van der Waals surface area contributed by atoms with Gasteiger partial charge in [0.2, 0.25) is 0 Å². The fourth-order valence-electron chi connectivity index (χ4n) is 3.32. The minimum absolute atomic E-state index is 0.418. The van der Waals surface area contributed by atoms with Gasteiger partial charge in [-0.15, -0.1) is 0 Å². The largest absolute Gasteiger partial charge is 0.375 e. The van der Waals surface area contributed by atoms with Crippen molar-refractivity contribution in [3.63, 3.8) is 0 Å². The predicted octanol–water partition coefficient (Wildman–Crippen LogP) is 3.04. The highest BCUT2D eigenvalue weighted by atomic mass is 16.5. The number of hydrogen-bond donors (Lipinski definition) is 1. The molecular weight excluding hydrogens is 222 g/mol. The molecule has 0 aromatic heterocycles. The summed E-state index contributed by atoms with van der Waals surface area (Å²) in [5.74, 6) is 1.90. The SMILES string of the molecule is c1ccc2c(c1)COCC2NC(C1CC1)C1CC1. The van der Waals surface area contributed by atoms with Crippen LogP contribution in [0.2, 0.25) is 0 Å². The van der Waals surface area contributed by atoms with Crippen molar-refractivity contribution in [2.24, 2.45) is 11.8 Å². The van der Waals surface area contributed by atoms with E-state index in [9.17, 15) is 0 Å². The maximum Gasteiger partial charge on any atom is 0.0721 e. The Balaban J connectivity index is 1.54. The van der Waals surface area contributed by atoms with Crippen LogP contribution < -0.4 is 5.32 Å². The van der Waals surface area contributed by atoms with Crippen LogP contribution in [-0.4, -0.2) is 12.6 Å². The van der Waals surface area contributed by atoms with Gasteiger partial charge in [0.25, 0.3) is 0 Å². The van der Waals surface area contributed by atoms with Gasteiger partial charge in [-0.05, 0) is 48.6 Å². The summed E-state index contributed by atoms with van der Waals surface area (Å²) in [5.41, 5.74) is 2.83. The molecule has 2 aliphatic carbocycles. The summed E-state index contributed by atoms with van der Waals surface area (Å²) in [4.78, 5) is 0. The van der Waals surface area contributed by atoms with Crippen LogP contribution in [0.25, 0.3) is 0 Å². The predicted molar refractivity (Wildman–Crippen MR) is 71.2 cm³/mol. The van der Waals surface area contributed by atoms with Gasteiger partial charge < -0.3 is 10.1 Å². The number of benzene rings is 1. The quantitative estimate of drug-likeness (QED) is 0.877. The van der Waals surface area contributed by atoms with Crippen LogP contribution in [0.5, 0.6) is 0 Å². The number of rotatable bonds is 4. The summed E-state index contributed by atoms with van der Waals surface area (Å²) in [5, 5.41) is 3.91. The molecule has 1 aromatic rings. The van der Waals surface area contributed by atoms with E-state index in [0.29, 0.717) is 6.04 Å². The smallest absolute Gasteiger partial charge is 0.0721 e. The van der Waals surface area contributed by atoms with Gasteiger partial charge in [-0.2, -0.15) is 0 Å². The lowest BCUT2D eigenvalue weighted by atomic mass is 9.97. The van der Waals surface area contributed by atoms with E-state index in [-0.39, 0.29) is 0 Å². The van der Waals surface area contributed by atoms with Crippen molar-refractivity contribution in [2.75, 3.05) is 6.61 Å². The number of fused-ring (bicyclic) bond motifs is 1. The average Bonchev–Trinajstić information content (AvgIpc) is 3.29. The van der Waals surface area contributed by atoms with Crippen LogP contribution in [0.4, 0.5) is 0 Å². The lowest BCUT2D eigenvalue weighted by Gasteiger charge is -2.31. The number of hydrogen-bond acceptors (Lipinski definition) is 2. The van der Waals surface area contributed by atoms with E-state index in [1.807, 2.05) is 0 Å². The Kier molecular flexibility index (Phi) is 2.66. The molecule has 1 unspecified atom stereocenters. The molecule has 1 aromatic carbocycles. The van der Waals surface area contributed by atoms with Crippen molar-refractivity contribution in [1.29, 1.82) is 0 Å². The molecule has 0 bridgehead atoms. The summed E-state index contributed by atoms with van der Waals surface area (Å²) in [6.45, 7) is 1.62. The Bertz CT molecular complexity index is 424. The monoisotopic (exact) mass is 243 g/mol. The first-order valence-corrected chi connectivity index (χ1v) is 7.33. The number of ether oxygens (including phenoxy) is 1. The van der Waals surface area contributed by atoms with Crippen molar-refractivity contribution in [1.82, 2.24) is 5.32 Å². The second kappa shape index (κ2) is 4.36. The van der Waals surface area contributed by atoms with Crippen LogP contribution in [0, 0.1) is 11.8 Å². The molecule has 0 radical (unpaired) electrons. The minimum Gasteiger partial charge on any atom is -0.375 e. The van der Waals surface area contributed by atoms with E-state index in [4.69, 9.17) is 4.74 Å². The third kappa shape index (κ3) is 2.08. The molecule has 1 atom stereocenters. The van der Waals surface area contributed by atoms with E-state index in [0.717, 1.165) is 31.1 Å². The standard InChI is InChI=1S/C16H21NO/c1-2-4-14-13(3-1)9-18-10-15(14)17-16(11-5-6-11)12-7-8-12/h1-4,11-12,15-17H,5-10H2. The zero-order chi connectivity index (χ0) is 11.9. The maximum absolute atomic E-state index is 5.75. The molecule has 0 spiro atoms. The van der Waals surface area contributed by atoms with Crippen LogP contribution in [0.3, 0.4) is 0 Å². The van der Waals surface area contributed by atoms with Gasteiger partial charge in [-0.25, -0.2) is 0 Å². The highest BCUT2D eigenvalue weighted by Crippen LogP contribution is 2.45. The summed E-state index contributed by atoms with van der Waals surface area (Å²) < 4.78 is 5.75. The van der Waals surface area contributed by atoms with E-state index < -0.39 is 0 Å². The molecule has 2 heteroatoms. The van der Waals surface area contributed by atoms with Crippen molar-refractivity contribution in [3.8, 4) is 0 Å². The second-order valence-electron chi connectivity index (χ2n) is 6.13. The van der Waals surface area contributed by atoms with Crippen LogP contribution in [0.1, 0.15) is 42.9 Å². The molecule has 0 amide bonds. The molecule has 0 saturated heterocycles. The highest BCUT2D eigenvalue weighted by Gasteiger charge is 2.42. The highest BCUT2D eigenvalue weighted by molar-refractivity contribution is 5.31. The molecule has 18 heavy (non-hydrogen) atoms. The second-order valence-corrected chi connectivity index (χ2v) is 6.13. The minimum atomic E-state index is 0.418. The Morgan fingerprint density at radius 3 is 2.50 bits per heavy atom. The van der Waals surface area contributed by atoms with Crippen LogP contribution in [-0.2, 0) is 11.3 Å². The van der Waals surface area contributed by atoms with Gasteiger partial charge in [0.1, 0.15) is 0 Å².